The quantitative estimate of drug-likeness (QED) is 0.667. The number of benzene rings is 2. The Morgan fingerprint density at radius 1 is 1.14 bits per heavy atom. The van der Waals surface area contributed by atoms with E-state index >= 15 is 0 Å². The second-order valence-corrected chi connectivity index (χ2v) is 8.23. The van der Waals surface area contributed by atoms with Crippen molar-refractivity contribution in [3.8, 4) is 5.75 Å². The zero-order chi connectivity index (χ0) is 19.4. The van der Waals surface area contributed by atoms with Gasteiger partial charge in [0.1, 0.15) is 18.7 Å². The van der Waals surface area contributed by atoms with E-state index in [1.54, 1.807) is 48.8 Å². The Kier molecular flexibility index (Phi) is 5.34. The Morgan fingerprint density at radius 3 is 2.71 bits per heavy atom. The highest BCUT2D eigenvalue weighted by atomic mass is 32.3. The molecule has 28 heavy (non-hydrogen) atoms. The van der Waals surface area contributed by atoms with Crippen molar-refractivity contribution in [1.82, 2.24) is 14.9 Å². The number of sulfonamides is 1. The highest BCUT2D eigenvalue weighted by Crippen LogP contribution is 2.29. The molecule has 7 nitrogen and oxygen atoms in total. The fraction of sp³-hybridized carbons (Fsp3) is 0.200. The molecule has 0 radical (unpaired) electrons. The first-order chi connectivity index (χ1) is 13.6. The summed E-state index contributed by atoms with van der Waals surface area (Å²) in [5, 5.41) is 0. The van der Waals surface area contributed by atoms with Crippen LogP contribution in [0.15, 0.2) is 72.1 Å². The molecule has 0 spiro atoms. The number of hydrogen-bond acceptors (Lipinski definition) is 6. The van der Waals surface area contributed by atoms with Gasteiger partial charge in [-0.15, -0.1) is 0 Å². The van der Waals surface area contributed by atoms with E-state index in [1.165, 1.54) is 6.33 Å². The van der Waals surface area contributed by atoms with E-state index in [0.717, 1.165) is 17.7 Å². The van der Waals surface area contributed by atoms with Crippen molar-refractivity contribution in [1.29, 1.82) is 0 Å². The lowest BCUT2D eigenvalue weighted by Crippen LogP contribution is -2.25. The highest BCUT2D eigenvalue weighted by molar-refractivity contribution is 7.98. The molecule has 0 fully saturated rings. The first-order valence-corrected chi connectivity index (χ1v) is 10.4. The zero-order valence-electron chi connectivity index (χ0n) is 15.2. The minimum absolute atomic E-state index is 0.181. The van der Waals surface area contributed by atoms with Gasteiger partial charge in [0.25, 0.3) is 0 Å². The van der Waals surface area contributed by atoms with Crippen molar-refractivity contribution in [3.05, 3.63) is 78.4 Å². The van der Waals surface area contributed by atoms with Gasteiger partial charge >= 0.3 is 0 Å². The normalized spacial score (nSPS) is 16.3. The number of rotatable bonds is 5. The van der Waals surface area contributed by atoms with E-state index in [9.17, 15) is 8.76 Å². The van der Waals surface area contributed by atoms with Gasteiger partial charge in [0.2, 0.25) is 0 Å². The number of nitrogens with one attached hydrogen (secondary N) is 1. The molecule has 1 atom stereocenters. The lowest BCUT2D eigenvalue weighted by atomic mass is 10.2. The van der Waals surface area contributed by atoms with Crippen molar-refractivity contribution in [2.24, 2.45) is 0 Å². The molecule has 1 aromatic heterocycles. The maximum absolute atomic E-state index is 12.7. The summed E-state index contributed by atoms with van der Waals surface area (Å²) >= 11 is 0. The van der Waals surface area contributed by atoms with Gasteiger partial charge < -0.3 is 9.29 Å². The molecule has 144 valence electrons. The van der Waals surface area contributed by atoms with Crippen LogP contribution >= 0.6 is 0 Å². The van der Waals surface area contributed by atoms with Crippen LogP contribution in [0.5, 0.6) is 5.75 Å². The lowest BCUT2D eigenvalue weighted by Gasteiger charge is -2.19. The first-order valence-electron chi connectivity index (χ1n) is 8.90. The molecule has 0 amide bonds. The number of nitrogens with zero attached hydrogens (tertiary/aromatic N) is 3. The van der Waals surface area contributed by atoms with Crippen LogP contribution in [0.1, 0.15) is 11.1 Å². The van der Waals surface area contributed by atoms with E-state index in [4.69, 9.17) is 4.74 Å². The number of para-hydroxylation sites is 1. The van der Waals surface area contributed by atoms with Crippen LogP contribution in [0.3, 0.4) is 0 Å². The summed E-state index contributed by atoms with van der Waals surface area (Å²) in [7, 11) is -3.68. The van der Waals surface area contributed by atoms with Gasteiger partial charge in [-0.1, -0.05) is 22.4 Å². The van der Waals surface area contributed by atoms with Gasteiger partial charge in [-0.3, -0.25) is 4.90 Å². The Morgan fingerprint density at radius 2 is 1.93 bits per heavy atom. The third-order valence-corrected chi connectivity index (χ3v) is 5.83. The van der Waals surface area contributed by atoms with E-state index in [1.807, 2.05) is 12.1 Å². The summed E-state index contributed by atoms with van der Waals surface area (Å²) in [5.41, 5.74) is 2.50. The Balaban J connectivity index is 1.52. The molecule has 0 saturated heterocycles. The molecular formula is C20H20N4O3S. The fourth-order valence-corrected chi connectivity index (χ4v) is 4.17. The number of hydrogen-bond donors (Lipinski definition) is 1. The highest BCUT2D eigenvalue weighted by Gasteiger charge is 2.24. The third kappa shape index (κ3) is 4.36. The SMILES string of the molecule is O=[S+]([O-])(Nc1ccccc1)c1ccc2c(c1)OCCN(Cc1cncnc1)C2. The molecule has 1 aliphatic rings. The van der Waals surface area contributed by atoms with Crippen LogP contribution in [0.2, 0.25) is 0 Å². The smallest absolute Gasteiger partial charge is 0.184 e. The van der Waals surface area contributed by atoms with Gasteiger partial charge in [-0.05, 0) is 24.3 Å². The second-order valence-electron chi connectivity index (χ2n) is 6.55. The van der Waals surface area contributed by atoms with Crippen molar-refractivity contribution in [2.45, 2.75) is 18.0 Å². The molecule has 8 heteroatoms. The van der Waals surface area contributed by atoms with E-state index in [0.29, 0.717) is 31.1 Å². The average molecular weight is 396 g/mol. The van der Waals surface area contributed by atoms with Crippen LogP contribution in [0.4, 0.5) is 5.69 Å². The van der Waals surface area contributed by atoms with Crippen LogP contribution in [0.25, 0.3) is 0 Å². The third-order valence-electron chi connectivity index (χ3n) is 4.45. The fourth-order valence-electron chi connectivity index (χ4n) is 3.10. The minimum Gasteiger partial charge on any atom is -0.588 e. The van der Waals surface area contributed by atoms with Crippen molar-refractivity contribution in [3.63, 3.8) is 0 Å². The summed E-state index contributed by atoms with van der Waals surface area (Å²) in [6.07, 6.45) is 5.10. The molecule has 2 aromatic carbocycles. The molecule has 2 heterocycles. The topological polar surface area (TPSA) is 90.4 Å². The second kappa shape index (κ2) is 8.05. The maximum Gasteiger partial charge on any atom is 0.184 e. The summed E-state index contributed by atoms with van der Waals surface area (Å²) in [5.74, 6) is 0.600. The molecule has 0 saturated carbocycles. The van der Waals surface area contributed by atoms with Crippen LogP contribution < -0.4 is 9.46 Å². The molecule has 1 N–H and O–H groups in total. The standard InChI is InChI=1S/C20H20N4O3S/c25-28(26,23-18-4-2-1-3-5-18)19-7-6-17-14-24(8-9-27-20(17)10-19)13-16-11-21-15-22-12-16/h1-7,10-12,15H,8-9,13-14H2,(H-,23,25,26). The van der Waals surface area contributed by atoms with Crippen molar-refractivity contribution < 1.29 is 13.5 Å². The minimum atomic E-state index is -3.68. The van der Waals surface area contributed by atoms with E-state index in [-0.39, 0.29) is 4.90 Å². The summed E-state index contributed by atoms with van der Waals surface area (Å²) in [4.78, 5) is 10.5. The largest absolute Gasteiger partial charge is 0.588 e. The summed E-state index contributed by atoms with van der Waals surface area (Å²) in [6, 6.07) is 13.8. The number of aromatic nitrogens is 2. The monoisotopic (exact) mass is 396 g/mol. The first kappa shape index (κ1) is 18.5. The van der Waals surface area contributed by atoms with Gasteiger partial charge in [-0.2, -0.15) is 0 Å². The molecule has 4 rings (SSSR count). The van der Waals surface area contributed by atoms with Crippen LogP contribution in [0, 0.1) is 0 Å². The number of ether oxygens (including phenoxy) is 1. The van der Waals surface area contributed by atoms with Crippen LogP contribution in [-0.4, -0.2) is 32.6 Å². The summed E-state index contributed by atoms with van der Waals surface area (Å²) in [6.45, 7) is 2.58. The maximum atomic E-state index is 12.7. The van der Waals surface area contributed by atoms with Gasteiger partial charge in [0.05, 0.1) is 5.69 Å². The van der Waals surface area contributed by atoms with Gasteiger partial charge in [-0.25, -0.2) is 14.7 Å². The Labute approximate surface area is 164 Å². The van der Waals surface area contributed by atoms with E-state index in [2.05, 4.69) is 19.6 Å². The molecule has 1 aliphatic heterocycles. The average Bonchev–Trinajstić information content (AvgIpc) is 2.90. The van der Waals surface area contributed by atoms with Crippen molar-refractivity contribution in [2.75, 3.05) is 17.9 Å². The lowest BCUT2D eigenvalue weighted by molar-refractivity contribution is 0.219. The molecule has 0 aliphatic carbocycles. The molecular weight excluding hydrogens is 376 g/mol. The predicted octanol–water partition coefficient (Wildman–Crippen LogP) is 2.89. The Hall–Kier alpha value is -2.81. The zero-order valence-corrected chi connectivity index (χ0v) is 16.0. The number of anilines is 1. The molecule has 0 bridgehead atoms. The number of fused-ring (bicyclic) bond motifs is 1. The molecule has 1 unspecified atom stereocenters. The van der Waals surface area contributed by atoms with Crippen LogP contribution in [-0.2, 0) is 27.7 Å². The van der Waals surface area contributed by atoms with Gasteiger partial charge in [0, 0.05) is 49.2 Å². The molecule has 3 aromatic rings. The van der Waals surface area contributed by atoms with Gasteiger partial charge in [0.15, 0.2) is 15.3 Å². The Bertz CT molecular complexity index is 985. The van der Waals surface area contributed by atoms with Crippen molar-refractivity contribution >= 4 is 16.1 Å². The predicted molar refractivity (Wildman–Crippen MR) is 105 cm³/mol. The van der Waals surface area contributed by atoms with E-state index < -0.39 is 10.4 Å². The summed E-state index contributed by atoms with van der Waals surface area (Å²) < 4.78 is 33.8.